The zero-order valence-electron chi connectivity index (χ0n) is 16.6. The van der Waals surface area contributed by atoms with Crippen LogP contribution in [-0.4, -0.2) is 31.1 Å². The van der Waals surface area contributed by atoms with Crippen molar-refractivity contribution < 1.29 is 23.8 Å². The lowest BCUT2D eigenvalue weighted by atomic mass is 9.92. The molecular formula is C23H26O5. The molecule has 1 aliphatic rings. The summed E-state index contributed by atoms with van der Waals surface area (Å²) in [6.07, 6.45) is 0.951. The smallest absolute Gasteiger partial charge is 0.302 e. The molecule has 28 heavy (non-hydrogen) atoms. The highest BCUT2D eigenvalue weighted by Crippen LogP contribution is 2.31. The fourth-order valence-corrected chi connectivity index (χ4v) is 3.45. The molecule has 5 nitrogen and oxygen atoms in total. The van der Waals surface area contributed by atoms with Crippen molar-refractivity contribution >= 4 is 11.8 Å². The van der Waals surface area contributed by atoms with Crippen LogP contribution in [0.15, 0.2) is 42.5 Å². The fourth-order valence-electron chi connectivity index (χ4n) is 3.45. The summed E-state index contributed by atoms with van der Waals surface area (Å²) >= 11 is 0. The van der Waals surface area contributed by atoms with Crippen LogP contribution in [-0.2, 0) is 14.3 Å². The highest BCUT2D eigenvalue weighted by atomic mass is 16.6. The van der Waals surface area contributed by atoms with Crippen molar-refractivity contribution in [2.45, 2.75) is 45.8 Å². The molecule has 0 radical (unpaired) electrons. The first-order valence-electron chi connectivity index (χ1n) is 9.65. The predicted molar refractivity (Wildman–Crippen MR) is 106 cm³/mol. The summed E-state index contributed by atoms with van der Waals surface area (Å²) in [4.78, 5) is 24.3. The second-order valence-corrected chi connectivity index (χ2v) is 6.98. The molecule has 0 N–H and O–H groups in total. The zero-order valence-corrected chi connectivity index (χ0v) is 16.6. The van der Waals surface area contributed by atoms with E-state index in [1.807, 2.05) is 44.2 Å². The molecule has 0 bridgehead atoms. The van der Waals surface area contributed by atoms with E-state index in [0.717, 1.165) is 16.9 Å². The number of hydrogen-bond donors (Lipinski definition) is 0. The van der Waals surface area contributed by atoms with Crippen molar-refractivity contribution in [2.24, 2.45) is 0 Å². The quantitative estimate of drug-likeness (QED) is 0.547. The van der Waals surface area contributed by atoms with Crippen molar-refractivity contribution in [1.29, 1.82) is 0 Å². The average molecular weight is 382 g/mol. The summed E-state index contributed by atoms with van der Waals surface area (Å²) in [6.45, 7) is 6.38. The molecule has 2 unspecified atom stereocenters. The van der Waals surface area contributed by atoms with Crippen molar-refractivity contribution in [3.05, 3.63) is 64.7 Å². The summed E-state index contributed by atoms with van der Waals surface area (Å²) in [6, 6.07) is 13.0. The number of hydrogen-bond acceptors (Lipinski definition) is 5. The molecule has 0 aromatic heterocycles. The van der Waals surface area contributed by atoms with Crippen molar-refractivity contribution in [3.63, 3.8) is 0 Å². The van der Waals surface area contributed by atoms with Crippen LogP contribution in [0.3, 0.4) is 0 Å². The number of carbonyl (C=O) groups is 2. The van der Waals surface area contributed by atoms with Gasteiger partial charge in [0.2, 0.25) is 0 Å². The van der Waals surface area contributed by atoms with E-state index in [4.69, 9.17) is 14.2 Å². The van der Waals surface area contributed by atoms with Crippen LogP contribution in [0, 0.1) is 6.92 Å². The molecule has 3 rings (SSSR count). The first kappa shape index (κ1) is 20.1. The first-order valence-corrected chi connectivity index (χ1v) is 9.65. The Morgan fingerprint density at radius 1 is 1.14 bits per heavy atom. The monoisotopic (exact) mass is 382 g/mol. The van der Waals surface area contributed by atoms with Gasteiger partial charge in [0.05, 0.1) is 19.3 Å². The maximum Gasteiger partial charge on any atom is 0.302 e. The lowest BCUT2D eigenvalue weighted by molar-refractivity contribution is -0.153. The van der Waals surface area contributed by atoms with Gasteiger partial charge in [0.1, 0.15) is 11.9 Å². The third kappa shape index (κ3) is 4.78. The van der Waals surface area contributed by atoms with E-state index in [-0.39, 0.29) is 24.0 Å². The van der Waals surface area contributed by atoms with Crippen molar-refractivity contribution in [2.75, 3.05) is 13.2 Å². The molecule has 0 aliphatic carbocycles. The Morgan fingerprint density at radius 2 is 1.89 bits per heavy atom. The zero-order chi connectivity index (χ0) is 20.1. The Morgan fingerprint density at radius 3 is 2.57 bits per heavy atom. The lowest BCUT2D eigenvalue weighted by Gasteiger charge is -2.29. The van der Waals surface area contributed by atoms with E-state index in [9.17, 15) is 9.59 Å². The van der Waals surface area contributed by atoms with Crippen LogP contribution in [0.2, 0.25) is 0 Å². The van der Waals surface area contributed by atoms with Crippen LogP contribution in [0.5, 0.6) is 5.75 Å². The summed E-state index contributed by atoms with van der Waals surface area (Å²) in [5.74, 6) is 0.437. The number of esters is 1. The molecule has 1 aliphatic heterocycles. The molecule has 0 saturated carbocycles. The molecular weight excluding hydrogens is 356 g/mol. The van der Waals surface area contributed by atoms with E-state index in [0.29, 0.717) is 37.2 Å². The van der Waals surface area contributed by atoms with E-state index in [1.165, 1.54) is 6.92 Å². The molecule has 2 aromatic carbocycles. The molecule has 1 heterocycles. The van der Waals surface area contributed by atoms with Gasteiger partial charge in [-0.2, -0.15) is 0 Å². The normalized spacial score (nSPS) is 19.1. The van der Waals surface area contributed by atoms with Gasteiger partial charge in [0, 0.05) is 30.9 Å². The highest BCUT2D eigenvalue weighted by Gasteiger charge is 2.27. The van der Waals surface area contributed by atoms with Crippen LogP contribution in [0.1, 0.15) is 59.8 Å². The van der Waals surface area contributed by atoms with Crippen LogP contribution in [0.4, 0.5) is 0 Å². The molecule has 2 atom stereocenters. The molecule has 1 saturated heterocycles. The van der Waals surface area contributed by atoms with Gasteiger partial charge in [-0.25, -0.2) is 0 Å². The van der Waals surface area contributed by atoms with Gasteiger partial charge in [-0.15, -0.1) is 0 Å². The third-order valence-electron chi connectivity index (χ3n) is 4.87. The minimum Gasteiger partial charge on any atom is -0.494 e. The van der Waals surface area contributed by atoms with Crippen molar-refractivity contribution in [3.8, 4) is 5.75 Å². The van der Waals surface area contributed by atoms with E-state index >= 15 is 0 Å². The Kier molecular flexibility index (Phi) is 6.47. The van der Waals surface area contributed by atoms with Gasteiger partial charge in [0.25, 0.3) is 0 Å². The van der Waals surface area contributed by atoms with Crippen LogP contribution < -0.4 is 4.74 Å². The predicted octanol–water partition coefficient (Wildman–Crippen LogP) is 4.41. The lowest BCUT2D eigenvalue weighted by Crippen LogP contribution is -2.27. The van der Waals surface area contributed by atoms with Gasteiger partial charge in [-0.05, 0) is 55.3 Å². The molecule has 148 valence electrons. The average Bonchev–Trinajstić information content (AvgIpc) is 2.68. The summed E-state index contributed by atoms with van der Waals surface area (Å²) in [7, 11) is 0. The number of carbonyl (C=O) groups excluding carboxylic acids is 2. The van der Waals surface area contributed by atoms with Gasteiger partial charge in [0.15, 0.2) is 5.78 Å². The number of rotatable bonds is 6. The van der Waals surface area contributed by atoms with E-state index in [1.54, 1.807) is 12.1 Å². The second kappa shape index (κ2) is 9.02. The first-order chi connectivity index (χ1) is 13.5. The third-order valence-corrected chi connectivity index (χ3v) is 4.87. The standard InChI is InChI=1S/C23H26O5/c1-4-26-19-9-7-17(8-10-19)23(25)21-13-18(6-5-15(21)2)22-14-20(11-12-27-22)28-16(3)24/h5-10,13,20,22H,4,11-12,14H2,1-3H3. The highest BCUT2D eigenvalue weighted by molar-refractivity contribution is 6.10. The molecule has 0 amide bonds. The van der Waals surface area contributed by atoms with Gasteiger partial charge in [-0.3, -0.25) is 9.59 Å². The molecule has 0 spiro atoms. The number of ether oxygens (including phenoxy) is 3. The van der Waals surface area contributed by atoms with Crippen molar-refractivity contribution in [1.82, 2.24) is 0 Å². The van der Waals surface area contributed by atoms with Gasteiger partial charge in [-0.1, -0.05) is 12.1 Å². The minimum absolute atomic E-state index is 0.0326. The van der Waals surface area contributed by atoms with E-state index in [2.05, 4.69) is 0 Å². The number of benzene rings is 2. The Bertz CT molecular complexity index is 841. The number of aryl methyl sites for hydroxylation is 1. The fraction of sp³-hybridized carbons (Fsp3) is 0.391. The SMILES string of the molecule is CCOc1ccc(C(=O)c2cc(C3CC(OC(C)=O)CCO3)ccc2C)cc1. The Labute approximate surface area is 165 Å². The van der Waals surface area contributed by atoms with Crippen LogP contribution in [0.25, 0.3) is 0 Å². The maximum absolute atomic E-state index is 13.0. The molecule has 1 fully saturated rings. The summed E-state index contributed by atoms with van der Waals surface area (Å²) < 4.78 is 16.7. The van der Waals surface area contributed by atoms with Gasteiger partial charge < -0.3 is 14.2 Å². The van der Waals surface area contributed by atoms with E-state index < -0.39 is 0 Å². The second-order valence-electron chi connectivity index (χ2n) is 6.98. The summed E-state index contributed by atoms with van der Waals surface area (Å²) in [5, 5.41) is 0. The van der Waals surface area contributed by atoms with Crippen LogP contribution >= 0.6 is 0 Å². The summed E-state index contributed by atoms with van der Waals surface area (Å²) in [5.41, 5.74) is 3.11. The minimum atomic E-state index is -0.277. The van der Waals surface area contributed by atoms with Gasteiger partial charge >= 0.3 is 5.97 Å². The number of ketones is 1. The maximum atomic E-state index is 13.0. The molecule has 5 heteroatoms. The Hall–Kier alpha value is -2.66. The topological polar surface area (TPSA) is 61.8 Å². The Balaban J connectivity index is 1.80. The molecule has 2 aromatic rings. The largest absolute Gasteiger partial charge is 0.494 e.